The molecule has 0 aliphatic rings. The van der Waals surface area contributed by atoms with Crippen molar-refractivity contribution in [3.8, 4) is 0 Å². The summed E-state index contributed by atoms with van der Waals surface area (Å²) >= 11 is 17.8. The number of benzene rings is 1. The van der Waals surface area contributed by atoms with Crippen LogP contribution in [0.1, 0.15) is 26.3 Å². The van der Waals surface area contributed by atoms with Crippen LogP contribution in [-0.2, 0) is 4.74 Å². The molecule has 0 atom stereocenters. The quantitative estimate of drug-likeness (QED) is 0.772. The number of carbonyl (C=O) groups is 1. The second-order valence-electron chi connectivity index (χ2n) is 5.07. The van der Waals surface area contributed by atoms with Crippen LogP contribution in [0, 0.1) is 0 Å². The largest absolute Gasteiger partial charge is 0.444 e. The zero-order valence-electron chi connectivity index (χ0n) is 11.5. The fourth-order valence-electron chi connectivity index (χ4n) is 1.31. The zero-order valence-corrected chi connectivity index (χ0v) is 13.7. The first-order valence-electron chi connectivity index (χ1n) is 5.97. The van der Waals surface area contributed by atoms with E-state index in [2.05, 4.69) is 5.32 Å². The number of halogens is 3. The Hall–Kier alpha value is -0.900. The van der Waals surface area contributed by atoms with E-state index < -0.39 is 11.7 Å². The van der Waals surface area contributed by atoms with Crippen molar-refractivity contribution in [3.63, 3.8) is 0 Å². The van der Waals surface area contributed by atoms with E-state index in [0.29, 0.717) is 21.6 Å². The van der Waals surface area contributed by atoms with Crippen LogP contribution in [0.15, 0.2) is 18.2 Å². The third-order valence-electron chi connectivity index (χ3n) is 2.10. The average molecular weight is 337 g/mol. The minimum atomic E-state index is -0.513. The van der Waals surface area contributed by atoms with Crippen molar-refractivity contribution in [1.29, 1.82) is 0 Å². The van der Waals surface area contributed by atoms with Gasteiger partial charge in [0.15, 0.2) is 0 Å². The maximum Gasteiger partial charge on any atom is 0.407 e. The Labute approximate surface area is 133 Å². The number of carbonyl (C=O) groups excluding carboxylic acids is 1. The number of ether oxygens (including phenoxy) is 1. The molecular weight excluding hydrogens is 321 g/mol. The number of nitrogens with one attached hydrogen (secondary N) is 1. The Morgan fingerprint density at radius 2 is 1.80 bits per heavy atom. The van der Waals surface area contributed by atoms with Crippen LogP contribution in [0.5, 0.6) is 0 Å². The lowest BCUT2D eigenvalue weighted by Gasteiger charge is -2.19. The number of amides is 1. The molecular formula is C14H16Cl3NO2. The second-order valence-corrected chi connectivity index (χ2v) is 6.29. The lowest BCUT2D eigenvalue weighted by molar-refractivity contribution is 0.0534. The van der Waals surface area contributed by atoms with Gasteiger partial charge in [0, 0.05) is 11.6 Å². The van der Waals surface area contributed by atoms with Crippen molar-refractivity contribution in [2.45, 2.75) is 26.4 Å². The molecule has 0 saturated carbocycles. The van der Waals surface area contributed by atoms with Gasteiger partial charge < -0.3 is 10.1 Å². The summed E-state index contributed by atoms with van der Waals surface area (Å²) in [6.45, 7) is 5.74. The fourth-order valence-corrected chi connectivity index (χ4v) is 1.93. The molecule has 0 aliphatic heterocycles. The van der Waals surface area contributed by atoms with Gasteiger partial charge in [0.05, 0.1) is 10.0 Å². The lowest BCUT2D eigenvalue weighted by Crippen LogP contribution is -2.32. The van der Waals surface area contributed by atoms with E-state index in [-0.39, 0.29) is 0 Å². The summed E-state index contributed by atoms with van der Waals surface area (Å²) in [5, 5.41) is 3.93. The standard InChI is InChI=1S/C14H16Cl3NO2/c1-14(2,3)20-13(19)18-6-4-5-9-7-11(16)12(17)8-10(9)15/h4-5,7-8H,6H2,1-3H3,(H,18,19). The summed E-state index contributed by atoms with van der Waals surface area (Å²) in [5.41, 5.74) is 0.216. The highest BCUT2D eigenvalue weighted by Gasteiger charge is 2.14. The molecule has 0 bridgehead atoms. The SMILES string of the molecule is CC(C)(C)OC(=O)NCC=Cc1cc(Cl)c(Cl)cc1Cl. The Morgan fingerprint density at radius 3 is 2.40 bits per heavy atom. The highest BCUT2D eigenvalue weighted by Crippen LogP contribution is 2.29. The molecule has 0 spiro atoms. The summed E-state index contributed by atoms with van der Waals surface area (Å²) in [6, 6.07) is 3.24. The Balaban J connectivity index is 2.54. The Bertz CT molecular complexity index is 522. The molecule has 1 aromatic carbocycles. The van der Waals surface area contributed by atoms with E-state index >= 15 is 0 Å². The van der Waals surface area contributed by atoms with Gasteiger partial charge in [-0.2, -0.15) is 0 Å². The summed E-state index contributed by atoms with van der Waals surface area (Å²) in [6.07, 6.45) is 3.03. The molecule has 0 fully saturated rings. The first-order chi connectivity index (χ1) is 9.19. The monoisotopic (exact) mass is 335 g/mol. The summed E-state index contributed by atoms with van der Waals surface area (Å²) in [5.74, 6) is 0. The average Bonchev–Trinajstić information content (AvgIpc) is 2.28. The molecule has 1 rings (SSSR count). The van der Waals surface area contributed by atoms with Crippen LogP contribution in [-0.4, -0.2) is 18.2 Å². The van der Waals surface area contributed by atoms with E-state index in [0.717, 1.165) is 5.56 Å². The highest BCUT2D eigenvalue weighted by atomic mass is 35.5. The second kappa shape index (κ2) is 7.21. The maximum absolute atomic E-state index is 11.4. The number of alkyl carbamates (subject to hydrolysis) is 1. The third kappa shape index (κ3) is 6.04. The molecule has 3 nitrogen and oxygen atoms in total. The van der Waals surface area contributed by atoms with Gasteiger partial charge in [-0.1, -0.05) is 47.0 Å². The molecule has 1 amide bonds. The molecule has 0 heterocycles. The third-order valence-corrected chi connectivity index (χ3v) is 3.15. The van der Waals surface area contributed by atoms with Gasteiger partial charge in [-0.3, -0.25) is 0 Å². The molecule has 6 heteroatoms. The van der Waals surface area contributed by atoms with E-state index in [9.17, 15) is 4.79 Å². The summed E-state index contributed by atoms with van der Waals surface area (Å²) < 4.78 is 5.10. The minimum Gasteiger partial charge on any atom is -0.444 e. The first-order valence-corrected chi connectivity index (χ1v) is 7.10. The molecule has 0 unspecified atom stereocenters. The van der Waals surface area contributed by atoms with E-state index in [1.807, 2.05) is 0 Å². The fraction of sp³-hybridized carbons (Fsp3) is 0.357. The van der Waals surface area contributed by atoms with Gasteiger partial charge in [0.1, 0.15) is 5.60 Å². The summed E-state index contributed by atoms with van der Waals surface area (Å²) in [4.78, 5) is 11.4. The number of rotatable bonds is 3. The van der Waals surface area contributed by atoms with Crippen molar-refractivity contribution < 1.29 is 9.53 Å². The maximum atomic E-state index is 11.4. The van der Waals surface area contributed by atoms with Gasteiger partial charge in [-0.15, -0.1) is 0 Å². The lowest BCUT2D eigenvalue weighted by atomic mass is 10.2. The molecule has 0 radical (unpaired) electrons. The zero-order chi connectivity index (χ0) is 15.3. The number of hydrogen-bond donors (Lipinski definition) is 1. The first kappa shape index (κ1) is 17.2. The van der Waals surface area contributed by atoms with Crippen LogP contribution >= 0.6 is 34.8 Å². The Morgan fingerprint density at radius 1 is 1.20 bits per heavy atom. The normalized spacial score (nSPS) is 11.7. The van der Waals surface area contributed by atoms with E-state index in [4.69, 9.17) is 39.5 Å². The smallest absolute Gasteiger partial charge is 0.407 e. The van der Waals surface area contributed by atoms with Crippen LogP contribution in [0.4, 0.5) is 4.79 Å². The van der Waals surface area contributed by atoms with Crippen LogP contribution in [0.3, 0.4) is 0 Å². The summed E-state index contributed by atoms with van der Waals surface area (Å²) in [7, 11) is 0. The van der Waals surface area contributed by atoms with Crippen molar-refractivity contribution in [1.82, 2.24) is 5.32 Å². The van der Waals surface area contributed by atoms with E-state index in [1.54, 1.807) is 45.1 Å². The molecule has 1 aromatic rings. The minimum absolute atomic E-state index is 0.325. The van der Waals surface area contributed by atoms with Crippen molar-refractivity contribution in [2.75, 3.05) is 6.54 Å². The van der Waals surface area contributed by atoms with E-state index in [1.165, 1.54) is 0 Å². The van der Waals surface area contributed by atoms with Crippen LogP contribution in [0.25, 0.3) is 6.08 Å². The topological polar surface area (TPSA) is 38.3 Å². The highest BCUT2D eigenvalue weighted by molar-refractivity contribution is 6.43. The molecule has 0 saturated heterocycles. The Kier molecular flexibility index (Phi) is 6.18. The molecule has 1 N–H and O–H groups in total. The van der Waals surface area contributed by atoms with Crippen LogP contribution < -0.4 is 5.32 Å². The van der Waals surface area contributed by atoms with Crippen molar-refractivity contribution in [3.05, 3.63) is 38.8 Å². The molecule has 110 valence electrons. The predicted molar refractivity (Wildman–Crippen MR) is 84.7 cm³/mol. The van der Waals surface area contributed by atoms with Gasteiger partial charge in [-0.25, -0.2) is 4.79 Å². The predicted octanol–water partition coefficient (Wildman–Crippen LogP) is 5.18. The molecule has 20 heavy (non-hydrogen) atoms. The van der Waals surface area contributed by atoms with Crippen LogP contribution in [0.2, 0.25) is 15.1 Å². The van der Waals surface area contributed by atoms with Gasteiger partial charge in [0.25, 0.3) is 0 Å². The number of hydrogen-bond acceptors (Lipinski definition) is 2. The van der Waals surface area contributed by atoms with Gasteiger partial charge >= 0.3 is 6.09 Å². The molecule has 0 aromatic heterocycles. The van der Waals surface area contributed by atoms with Gasteiger partial charge in [-0.05, 0) is 38.5 Å². The van der Waals surface area contributed by atoms with Crippen molar-refractivity contribution in [2.24, 2.45) is 0 Å². The van der Waals surface area contributed by atoms with Crippen molar-refractivity contribution >= 4 is 47.0 Å². The van der Waals surface area contributed by atoms with Gasteiger partial charge in [0.2, 0.25) is 0 Å². The molecule has 0 aliphatic carbocycles.